The summed E-state index contributed by atoms with van der Waals surface area (Å²) in [5.74, 6) is -0.483. The topological polar surface area (TPSA) is 77.2 Å². The van der Waals surface area contributed by atoms with Gasteiger partial charge in [0.15, 0.2) is 0 Å². The van der Waals surface area contributed by atoms with Crippen molar-refractivity contribution in [3.8, 4) is 5.75 Å². The van der Waals surface area contributed by atoms with Gasteiger partial charge in [0, 0.05) is 30.6 Å². The Morgan fingerprint density at radius 3 is 2.95 bits per heavy atom. The van der Waals surface area contributed by atoms with Gasteiger partial charge in [0.1, 0.15) is 18.1 Å². The average Bonchev–Trinajstić information content (AvgIpc) is 2.81. The number of hydrogen-bond acceptors (Lipinski definition) is 4. The van der Waals surface area contributed by atoms with Crippen molar-refractivity contribution in [1.82, 2.24) is 14.8 Å². The molecule has 0 aliphatic rings. The number of rotatable bonds is 5. The molecule has 20 heavy (non-hydrogen) atoms. The van der Waals surface area contributed by atoms with Crippen molar-refractivity contribution < 1.29 is 14.6 Å². The van der Waals surface area contributed by atoms with E-state index in [1.807, 2.05) is 26.2 Å². The van der Waals surface area contributed by atoms with Crippen LogP contribution in [0, 0.1) is 6.92 Å². The second kappa shape index (κ2) is 6.01. The molecular weight excluding hydrogens is 258 g/mol. The van der Waals surface area contributed by atoms with Gasteiger partial charge in [-0.3, -0.25) is 4.68 Å². The van der Waals surface area contributed by atoms with E-state index in [-0.39, 0.29) is 0 Å². The van der Waals surface area contributed by atoms with Crippen molar-refractivity contribution in [3.63, 3.8) is 0 Å². The number of nitrogens with zero attached hydrogens (tertiary/aromatic N) is 3. The largest absolute Gasteiger partial charge is 0.487 e. The summed E-state index contributed by atoms with van der Waals surface area (Å²) in [4.78, 5) is 14.9. The first-order valence-corrected chi connectivity index (χ1v) is 6.03. The molecule has 6 heteroatoms. The molecule has 0 saturated heterocycles. The van der Waals surface area contributed by atoms with Crippen molar-refractivity contribution in [1.29, 1.82) is 0 Å². The van der Waals surface area contributed by atoms with Crippen LogP contribution in [-0.4, -0.2) is 25.8 Å². The van der Waals surface area contributed by atoms with Crippen LogP contribution in [0.4, 0.5) is 0 Å². The zero-order valence-electron chi connectivity index (χ0n) is 11.3. The van der Waals surface area contributed by atoms with Crippen molar-refractivity contribution in [2.45, 2.75) is 13.5 Å². The minimum Gasteiger partial charge on any atom is -0.487 e. The molecule has 0 aliphatic carbocycles. The fraction of sp³-hybridized carbons (Fsp3) is 0.214. The van der Waals surface area contributed by atoms with Crippen LogP contribution in [0.25, 0.3) is 6.08 Å². The third-order valence-corrected chi connectivity index (χ3v) is 2.56. The van der Waals surface area contributed by atoms with Crippen LogP contribution in [-0.2, 0) is 18.4 Å². The molecule has 0 unspecified atom stereocenters. The van der Waals surface area contributed by atoms with E-state index in [9.17, 15) is 4.79 Å². The van der Waals surface area contributed by atoms with Gasteiger partial charge in [-0.15, -0.1) is 0 Å². The fourth-order valence-corrected chi connectivity index (χ4v) is 1.66. The lowest BCUT2D eigenvalue weighted by Crippen LogP contribution is -1.99. The van der Waals surface area contributed by atoms with Gasteiger partial charge in [0.25, 0.3) is 0 Å². The summed E-state index contributed by atoms with van der Waals surface area (Å²) < 4.78 is 7.36. The van der Waals surface area contributed by atoms with E-state index in [0.29, 0.717) is 18.1 Å². The first-order chi connectivity index (χ1) is 9.54. The molecular formula is C14H15N3O3. The van der Waals surface area contributed by atoms with Gasteiger partial charge >= 0.3 is 5.97 Å². The highest BCUT2D eigenvalue weighted by Gasteiger charge is 2.05. The molecule has 0 aliphatic heterocycles. The summed E-state index contributed by atoms with van der Waals surface area (Å²) in [5.41, 5.74) is 2.22. The van der Waals surface area contributed by atoms with Crippen molar-refractivity contribution >= 4 is 12.0 Å². The number of carboxylic acid groups (broad SMARTS) is 1. The lowest BCUT2D eigenvalue weighted by Gasteiger charge is -2.08. The lowest BCUT2D eigenvalue weighted by atomic mass is 10.2. The molecule has 0 amide bonds. The first kappa shape index (κ1) is 13.8. The van der Waals surface area contributed by atoms with E-state index in [2.05, 4.69) is 10.1 Å². The Hall–Kier alpha value is -2.63. The van der Waals surface area contributed by atoms with E-state index in [1.54, 1.807) is 16.9 Å². The Bertz CT molecular complexity index is 647. The van der Waals surface area contributed by atoms with Crippen LogP contribution in [0.5, 0.6) is 5.75 Å². The van der Waals surface area contributed by atoms with Gasteiger partial charge in [-0.1, -0.05) is 0 Å². The summed E-state index contributed by atoms with van der Waals surface area (Å²) in [6, 6.07) is 3.59. The Balaban J connectivity index is 2.15. The number of carboxylic acids is 1. The number of hydrogen-bond donors (Lipinski definition) is 1. The maximum atomic E-state index is 10.6. The highest BCUT2D eigenvalue weighted by molar-refractivity contribution is 5.85. The minimum absolute atomic E-state index is 0.354. The zero-order chi connectivity index (χ0) is 14.5. The molecule has 2 aromatic heterocycles. The Labute approximate surface area is 116 Å². The van der Waals surface area contributed by atoms with Crippen LogP contribution >= 0.6 is 0 Å². The van der Waals surface area contributed by atoms with Crippen LogP contribution in [0.3, 0.4) is 0 Å². The van der Waals surface area contributed by atoms with Crippen molar-refractivity contribution in [3.05, 3.63) is 47.6 Å². The summed E-state index contributed by atoms with van der Waals surface area (Å²) in [7, 11) is 1.83. The molecule has 1 N–H and O–H groups in total. The van der Waals surface area contributed by atoms with Crippen LogP contribution in [0.15, 0.2) is 30.6 Å². The molecule has 6 nitrogen and oxygen atoms in total. The summed E-state index contributed by atoms with van der Waals surface area (Å²) >= 11 is 0. The van der Waals surface area contributed by atoms with Crippen LogP contribution in [0.2, 0.25) is 0 Å². The predicted octanol–water partition coefficient (Wildman–Crippen LogP) is 1.80. The Kier molecular flexibility index (Phi) is 4.14. The molecule has 0 aromatic carbocycles. The maximum Gasteiger partial charge on any atom is 0.328 e. The molecule has 0 radical (unpaired) electrons. The SMILES string of the molecule is Cc1ccc(OCc2cnn(C)c2)c(C=CC(=O)O)n1. The van der Waals surface area contributed by atoms with Gasteiger partial charge in [-0.2, -0.15) is 5.10 Å². The van der Waals surface area contributed by atoms with Crippen molar-refractivity contribution in [2.75, 3.05) is 0 Å². The average molecular weight is 273 g/mol. The molecule has 2 rings (SSSR count). The smallest absolute Gasteiger partial charge is 0.328 e. The summed E-state index contributed by atoms with van der Waals surface area (Å²) in [5, 5.41) is 12.7. The minimum atomic E-state index is -1.02. The van der Waals surface area contributed by atoms with Crippen LogP contribution < -0.4 is 4.74 Å². The number of aromatic nitrogens is 3. The van der Waals surface area contributed by atoms with E-state index < -0.39 is 5.97 Å². The first-order valence-electron chi connectivity index (χ1n) is 6.03. The fourth-order valence-electron chi connectivity index (χ4n) is 1.66. The van der Waals surface area contributed by atoms with E-state index >= 15 is 0 Å². The third kappa shape index (κ3) is 3.68. The number of aliphatic carboxylic acids is 1. The zero-order valence-corrected chi connectivity index (χ0v) is 11.3. The number of pyridine rings is 1. The van der Waals surface area contributed by atoms with Crippen molar-refractivity contribution in [2.24, 2.45) is 7.05 Å². The number of aryl methyl sites for hydroxylation is 2. The van der Waals surface area contributed by atoms with E-state index in [4.69, 9.17) is 9.84 Å². The quantitative estimate of drug-likeness (QED) is 0.840. The molecule has 104 valence electrons. The van der Waals surface area contributed by atoms with Gasteiger partial charge < -0.3 is 9.84 Å². The van der Waals surface area contributed by atoms with Gasteiger partial charge in [0.2, 0.25) is 0 Å². The molecule has 2 aromatic rings. The van der Waals surface area contributed by atoms with Crippen LogP contribution in [0.1, 0.15) is 17.0 Å². The second-order valence-electron chi connectivity index (χ2n) is 4.32. The van der Waals surface area contributed by atoms with Gasteiger partial charge in [-0.25, -0.2) is 9.78 Å². The van der Waals surface area contributed by atoms with E-state index in [0.717, 1.165) is 17.3 Å². The predicted molar refractivity (Wildman–Crippen MR) is 73.2 cm³/mol. The molecule has 0 atom stereocenters. The Morgan fingerprint density at radius 2 is 2.30 bits per heavy atom. The second-order valence-corrected chi connectivity index (χ2v) is 4.32. The highest BCUT2D eigenvalue weighted by atomic mass is 16.5. The molecule has 0 saturated carbocycles. The monoisotopic (exact) mass is 273 g/mol. The standard InChI is InChI=1S/C14H15N3O3/c1-10-3-5-13(12(16-10)4-6-14(18)19)20-9-11-7-15-17(2)8-11/h3-8H,9H2,1-2H3,(H,18,19). The molecule has 2 heterocycles. The lowest BCUT2D eigenvalue weighted by molar-refractivity contribution is -0.131. The molecule has 0 spiro atoms. The maximum absolute atomic E-state index is 10.6. The summed E-state index contributed by atoms with van der Waals surface area (Å²) in [6.45, 7) is 2.19. The van der Waals surface area contributed by atoms with Gasteiger partial charge in [0.05, 0.1) is 6.20 Å². The normalized spacial score (nSPS) is 10.9. The Morgan fingerprint density at radius 1 is 1.50 bits per heavy atom. The molecule has 0 bridgehead atoms. The highest BCUT2D eigenvalue weighted by Crippen LogP contribution is 2.19. The molecule has 0 fully saturated rings. The third-order valence-electron chi connectivity index (χ3n) is 2.56. The number of carbonyl (C=O) groups is 1. The summed E-state index contributed by atoms with van der Waals surface area (Å²) in [6.07, 6.45) is 6.04. The van der Waals surface area contributed by atoms with Gasteiger partial charge in [-0.05, 0) is 25.1 Å². The number of ether oxygens (including phenoxy) is 1. The van der Waals surface area contributed by atoms with E-state index in [1.165, 1.54) is 6.08 Å².